The zero-order valence-corrected chi connectivity index (χ0v) is 39.4. The number of nitrogens with zero attached hydrogens (tertiary/aromatic N) is 2. The van der Waals surface area contributed by atoms with Crippen molar-refractivity contribution in [3.63, 3.8) is 0 Å². The number of hydrogen-bond acceptors (Lipinski definition) is 8. The summed E-state index contributed by atoms with van der Waals surface area (Å²) in [5.74, 6) is -0.754. The van der Waals surface area contributed by atoms with E-state index >= 15 is 0 Å². The molecule has 5 rings (SSSR count). The molecular formula is C53H73N5O5S. The first-order chi connectivity index (χ1) is 31.1. The monoisotopic (exact) mass is 892 g/mol. The molecule has 64 heavy (non-hydrogen) atoms. The Morgan fingerprint density at radius 3 is 2.02 bits per heavy atom. The number of aromatic hydroxyl groups is 1. The summed E-state index contributed by atoms with van der Waals surface area (Å²) >= 11 is 1.25. The van der Waals surface area contributed by atoms with E-state index in [1.54, 1.807) is 29.7 Å². The molecule has 2 atom stereocenters. The van der Waals surface area contributed by atoms with Crippen molar-refractivity contribution in [3.05, 3.63) is 100 Å². The second-order valence-electron chi connectivity index (χ2n) is 17.5. The lowest BCUT2D eigenvalue weighted by Crippen LogP contribution is -2.50. The van der Waals surface area contributed by atoms with E-state index in [0.717, 1.165) is 67.1 Å². The van der Waals surface area contributed by atoms with E-state index in [1.807, 2.05) is 53.4 Å². The third-order valence-corrected chi connectivity index (χ3v) is 13.7. The first-order valence-corrected chi connectivity index (χ1v) is 24.8. The number of thiophene rings is 1. The minimum Gasteiger partial charge on any atom is -0.508 e. The van der Waals surface area contributed by atoms with Gasteiger partial charge in [-0.05, 0) is 98.3 Å². The molecule has 2 aromatic heterocycles. The highest BCUT2D eigenvalue weighted by atomic mass is 32.1. The highest BCUT2D eigenvalue weighted by Gasteiger charge is 2.27. The lowest BCUT2D eigenvalue weighted by molar-refractivity contribution is -0.128. The fraction of sp³-hybridized carbons (Fsp3) is 0.491. The number of phenols is 1. The van der Waals surface area contributed by atoms with Gasteiger partial charge in [0, 0.05) is 45.2 Å². The average Bonchev–Trinajstić information content (AvgIpc) is 3.89. The summed E-state index contributed by atoms with van der Waals surface area (Å²) in [6, 6.07) is 24.1. The number of phenolic OH excluding ortho intramolecular Hbond substituents is 1. The molecule has 0 radical (unpaired) electrons. The van der Waals surface area contributed by atoms with E-state index in [1.165, 1.54) is 82.0 Å². The highest BCUT2D eigenvalue weighted by molar-refractivity contribution is 7.17. The smallest absolute Gasteiger partial charge is 0.255 e. The molecule has 0 fully saturated rings. The molecule has 2 amide bonds. The van der Waals surface area contributed by atoms with E-state index in [-0.39, 0.29) is 36.1 Å². The molecule has 3 aromatic carbocycles. The molecular weight excluding hydrogens is 819 g/mol. The SMILES string of the molecule is CCCCCCCCCC(C)N(C(=O)c1ccc(-c2cc3ccc(C(=O)c4cc(CC(=O)NO)c(-c5cccc(O)c5)s4)cc3n2CCCCN)cc1)C(N)CCCCCCCCC. The number of hydrogen-bond donors (Lipinski definition) is 5. The molecule has 346 valence electrons. The molecule has 0 aliphatic carbocycles. The van der Waals surface area contributed by atoms with Crippen molar-refractivity contribution >= 4 is 39.8 Å². The first kappa shape index (κ1) is 50.2. The van der Waals surface area contributed by atoms with Crippen LogP contribution in [-0.2, 0) is 17.8 Å². The maximum Gasteiger partial charge on any atom is 0.255 e. The van der Waals surface area contributed by atoms with Crippen LogP contribution in [0.15, 0.2) is 78.9 Å². The van der Waals surface area contributed by atoms with Crippen LogP contribution in [0.25, 0.3) is 32.6 Å². The second kappa shape index (κ2) is 26.2. The third kappa shape index (κ3) is 14.1. The molecule has 0 saturated heterocycles. The Hall–Kier alpha value is -4.81. The summed E-state index contributed by atoms with van der Waals surface area (Å²) in [4.78, 5) is 43.9. The molecule has 2 heterocycles. The van der Waals surface area contributed by atoms with Gasteiger partial charge in [-0.25, -0.2) is 5.48 Å². The fourth-order valence-electron chi connectivity index (χ4n) is 8.80. The van der Waals surface area contributed by atoms with Crippen molar-refractivity contribution in [2.45, 2.75) is 162 Å². The normalized spacial score (nSPS) is 12.4. The summed E-state index contributed by atoms with van der Waals surface area (Å²) < 4.78 is 2.23. The van der Waals surface area contributed by atoms with Crippen molar-refractivity contribution in [3.8, 4) is 27.4 Å². The number of carbonyl (C=O) groups excluding carboxylic acids is 3. The van der Waals surface area contributed by atoms with Gasteiger partial charge in [0.1, 0.15) is 5.75 Å². The number of aromatic nitrogens is 1. The van der Waals surface area contributed by atoms with Crippen LogP contribution in [0.2, 0.25) is 0 Å². The topological polar surface area (TPSA) is 164 Å². The quantitative estimate of drug-likeness (QED) is 0.0105. The Balaban J connectivity index is 1.39. The lowest BCUT2D eigenvalue weighted by atomic mass is 10.0. The molecule has 0 spiro atoms. The number of fused-ring (bicyclic) bond motifs is 1. The van der Waals surface area contributed by atoms with Crippen LogP contribution in [0.5, 0.6) is 5.75 Å². The highest BCUT2D eigenvalue weighted by Crippen LogP contribution is 2.37. The number of amides is 2. The van der Waals surface area contributed by atoms with Crippen LogP contribution < -0.4 is 16.9 Å². The summed E-state index contributed by atoms with van der Waals surface area (Å²) in [6.45, 7) is 7.90. The van der Waals surface area contributed by atoms with Gasteiger partial charge in [0.05, 0.1) is 17.5 Å². The Kier molecular flexibility index (Phi) is 20.6. The van der Waals surface area contributed by atoms with Gasteiger partial charge in [-0.1, -0.05) is 140 Å². The predicted octanol–water partition coefficient (Wildman–Crippen LogP) is 12.2. The van der Waals surface area contributed by atoms with Crippen LogP contribution in [0.3, 0.4) is 0 Å². The molecule has 11 heteroatoms. The van der Waals surface area contributed by atoms with E-state index in [9.17, 15) is 24.7 Å². The van der Waals surface area contributed by atoms with E-state index in [2.05, 4.69) is 31.4 Å². The standard InChI is InChI=1S/C53H73N5O5S/c1-4-6-8-10-12-14-16-21-38(3)58(49(55)24-17-15-13-11-9-7-5-2)53(62)40-27-25-39(26-28-40)46-34-41-29-30-42(35-47(41)57(46)32-19-18-31-54)51(61)48-36-44(37-50(60)56-63)52(64-48)43-22-20-23-45(59)33-43/h20,22-23,25-30,33-36,38,49,59,63H,4-19,21,24,31-32,37,54-55H2,1-3H3,(H,56,60). The summed E-state index contributed by atoms with van der Waals surface area (Å²) in [5, 5.41) is 20.4. The minimum atomic E-state index is -0.604. The van der Waals surface area contributed by atoms with Gasteiger partial charge in [-0.3, -0.25) is 19.6 Å². The molecule has 5 aromatic rings. The summed E-state index contributed by atoms with van der Waals surface area (Å²) in [5.41, 5.74) is 19.8. The van der Waals surface area contributed by atoms with E-state index in [0.29, 0.717) is 45.1 Å². The maximum absolute atomic E-state index is 14.4. The zero-order valence-electron chi connectivity index (χ0n) is 38.6. The number of unbranched alkanes of at least 4 members (excludes halogenated alkanes) is 13. The number of ketones is 1. The van der Waals surface area contributed by atoms with Crippen molar-refractivity contribution in [2.24, 2.45) is 11.5 Å². The van der Waals surface area contributed by atoms with Crippen molar-refractivity contribution < 1.29 is 24.7 Å². The Labute approximate surface area is 385 Å². The van der Waals surface area contributed by atoms with Crippen LogP contribution >= 0.6 is 11.3 Å². The van der Waals surface area contributed by atoms with Crippen LogP contribution in [-0.4, -0.2) is 56.1 Å². The molecule has 0 bridgehead atoms. The zero-order chi connectivity index (χ0) is 45.8. The maximum atomic E-state index is 14.4. The van der Waals surface area contributed by atoms with Gasteiger partial charge >= 0.3 is 0 Å². The number of nitrogens with two attached hydrogens (primary N) is 2. The number of hydroxylamine groups is 1. The number of rotatable bonds is 29. The van der Waals surface area contributed by atoms with Crippen molar-refractivity contribution in [2.75, 3.05) is 6.54 Å². The van der Waals surface area contributed by atoms with Crippen molar-refractivity contribution in [1.29, 1.82) is 0 Å². The predicted molar refractivity (Wildman–Crippen MR) is 263 cm³/mol. The Bertz CT molecular complexity index is 2210. The summed E-state index contributed by atoms with van der Waals surface area (Å²) in [7, 11) is 0. The van der Waals surface area contributed by atoms with Gasteiger partial charge in [0.15, 0.2) is 0 Å². The Morgan fingerprint density at radius 2 is 1.38 bits per heavy atom. The largest absolute Gasteiger partial charge is 0.508 e. The van der Waals surface area contributed by atoms with Crippen LogP contribution in [0.4, 0.5) is 0 Å². The second-order valence-corrected chi connectivity index (χ2v) is 18.6. The molecule has 7 N–H and O–H groups in total. The molecule has 0 saturated carbocycles. The van der Waals surface area contributed by atoms with Crippen LogP contribution in [0, 0.1) is 0 Å². The number of benzene rings is 3. The van der Waals surface area contributed by atoms with E-state index < -0.39 is 5.91 Å². The minimum absolute atomic E-state index is 0.0231. The molecule has 0 aliphatic rings. The van der Waals surface area contributed by atoms with Gasteiger partial charge in [0.25, 0.3) is 5.91 Å². The van der Waals surface area contributed by atoms with Gasteiger partial charge in [-0.15, -0.1) is 11.3 Å². The number of carbonyl (C=O) groups is 3. The fourth-order valence-corrected chi connectivity index (χ4v) is 9.94. The average molecular weight is 892 g/mol. The van der Waals surface area contributed by atoms with Crippen LogP contribution in [0.1, 0.15) is 168 Å². The molecule has 2 unspecified atom stereocenters. The Morgan fingerprint density at radius 1 is 0.734 bits per heavy atom. The molecule has 0 aliphatic heterocycles. The number of nitrogens with one attached hydrogen (secondary N) is 1. The molecule has 10 nitrogen and oxygen atoms in total. The van der Waals surface area contributed by atoms with Gasteiger partial charge in [0.2, 0.25) is 11.7 Å². The van der Waals surface area contributed by atoms with Crippen molar-refractivity contribution in [1.82, 2.24) is 14.9 Å². The summed E-state index contributed by atoms with van der Waals surface area (Å²) in [6.07, 6.45) is 20.0. The third-order valence-electron chi connectivity index (χ3n) is 12.4. The lowest BCUT2D eigenvalue weighted by Gasteiger charge is -2.35. The number of aryl methyl sites for hydroxylation is 1. The van der Waals surface area contributed by atoms with Gasteiger partial charge in [-0.2, -0.15) is 0 Å². The first-order valence-electron chi connectivity index (χ1n) is 24.0. The van der Waals surface area contributed by atoms with E-state index in [4.69, 9.17) is 11.5 Å². The van der Waals surface area contributed by atoms with Gasteiger partial charge < -0.3 is 26.0 Å².